The molecule has 0 radical (unpaired) electrons. The Balaban J connectivity index is 2.08. The van der Waals surface area contributed by atoms with E-state index in [1.807, 2.05) is 13.8 Å². The molecule has 1 aliphatic carbocycles. The number of carboxylic acids is 1. The number of amides is 2. The molecule has 1 saturated heterocycles. The predicted molar refractivity (Wildman–Crippen MR) is 80.7 cm³/mol. The topological polar surface area (TPSA) is 101 Å². The molecule has 0 saturated carbocycles. The molecule has 0 aromatic carbocycles. The van der Waals surface area contributed by atoms with E-state index in [1.165, 1.54) is 0 Å². The Morgan fingerprint density at radius 3 is 2.00 bits per heavy atom. The lowest BCUT2D eigenvalue weighted by Gasteiger charge is -2.36. The molecule has 0 aromatic heterocycles. The Morgan fingerprint density at radius 2 is 1.55 bits per heavy atom. The molecule has 6 nitrogen and oxygen atoms in total. The molecule has 2 rings (SSSR count). The standard InChI is InChI=1S/C16H24N2O4/c1-9-7-12(13(16(21)22)8-10(9)2)15(20)18-5-3-11(4-6-18)14(17)19/h11-13H,3-8H2,1-2H3,(H2,17,19)(H,21,22)/t12-,13-/m0/s1. The monoisotopic (exact) mass is 308 g/mol. The molecule has 3 N–H and O–H groups in total. The van der Waals surface area contributed by atoms with Crippen LogP contribution in [0.1, 0.15) is 39.5 Å². The Hall–Kier alpha value is -1.85. The van der Waals surface area contributed by atoms with Crippen LogP contribution >= 0.6 is 0 Å². The second-order valence-corrected chi connectivity index (χ2v) is 6.52. The lowest BCUT2D eigenvalue weighted by Crippen LogP contribution is -2.47. The van der Waals surface area contributed by atoms with Crippen molar-refractivity contribution in [3.8, 4) is 0 Å². The maximum absolute atomic E-state index is 12.7. The molecule has 2 amide bonds. The lowest BCUT2D eigenvalue weighted by molar-refractivity contribution is -0.151. The quantitative estimate of drug-likeness (QED) is 0.764. The van der Waals surface area contributed by atoms with Crippen molar-refractivity contribution < 1.29 is 19.5 Å². The number of carbonyl (C=O) groups excluding carboxylic acids is 2. The third-order valence-electron chi connectivity index (χ3n) is 5.11. The van der Waals surface area contributed by atoms with Gasteiger partial charge in [0.15, 0.2) is 0 Å². The molecule has 2 atom stereocenters. The van der Waals surface area contributed by atoms with Crippen molar-refractivity contribution in [3.05, 3.63) is 11.1 Å². The molecule has 122 valence electrons. The highest BCUT2D eigenvalue weighted by molar-refractivity contribution is 5.86. The van der Waals surface area contributed by atoms with Crippen LogP contribution in [-0.4, -0.2) is 40.9 Å². The molecule has 0 aromatic rings. The third kappa shape index (κ3) is 3.31. The van der Waals surface area contributed by atoms with Gasteiger partial charge in [0.25, 0.3) is 0 Å². The van der Waals surface area contributed by atoms with Gasteiger partial charge in [0.2, 0.25) is 11.8 Å². The van der Waals surface area contributed by atoms with E-state index in [1.54, 1.807) is 4.90 Å². The van der Waals surface area contributed by atoms with E-state index in [0.29, 0.717) is 38.8 Å². The maximum Gasteiger partial charge on any atom is 0.307 e. The van der Waals surface area contributed by atoms with E-state index in [4.69, 9.17) is 5.73 Å². The number of hydrogen-bond acceptors (Lipinski definition) is 3. The van der Waals surface area contributed by atoms with Crippen molar-refractivity contribution in [2.75, 3.05) is 13.1 Å². The van der Waals surface area contributed by atoms with Gasteiger partial charge in [0.05, 0.1) is 11.8 Å². The molecule has 0 spiro atoms. The fourth-order valence-electron chi connectivity index (χ4n) is 3.43. The van der Waals surface area contributed by atoms with Crippen LogP contribution < -0.4 is 5.73 Å². The normalized spacial score (nSPS) is 26.9. The number of carbonyl (C=O) groups is 3. The predicted octanol–water partition coefficient (Wildman–Crippen LogP) is 1.16. The fourth-order valence-corrected chi connectivity index (χ4v) is 3.43. The van der Waals surface area contributed by atoms with E-state index in [-0.39, 0.29) is 17.7 Å². The van der Waals surface area contributed by atoms with Crippen LogP contribution in [0.2, 0.25) is 0 Å². The van der Waals surface area contributed by atoms with Crippen LogP contribution in [0.5, 0.6) is 0 Å². The molecular formula is C16H24N2O4. The number of rotatable bonds is 3. The minimum atomic E-state index is -0.905. The number of primary amides is 1. The molecule has 2 aliphatic rings. The van der Waals surface area contributed by atoms with Gasteiger partial charge in [-0.3, -0.25) is 14.4 Å². The summed E-state index contributed by atoms with van der Waals surface area (Å²) in [7, 11) is 0. The van der Waals surface area contributed by atoms with Crippen molar-refractivity contribution >= 4 is 17.8 Å². The maximum atomic E-state index is 12.7. The number of nitrogens with two attached hydrogens (primary N) is 1. The van der Waals surface area contributed by atoms with Crippen molar-refractivity contribution in [1.82, 2.24) is 4.90 Å². The summed E-state index contributed by atoms with van der Waals surface area (Å²) in [6.07, 6.45) is 2.09. The summed E-state index contributed by atoms with van der Waals surface area (Å²) < 4.78 is 0. The first-order chi connectivity index (χ1) is 10.3. The fraction of sp³-hybridized carbons (Fsp3) is 0.688. The minimum absolute atomic E-state index is 0.0952. The summed E-state index contributed by atoms with van der Waals surface area (Å²) in [5, 5.41) is 9.42. The minimum Gasteiger partial charge on any atom is -0.481 e. The molecular weight excluding hydrogens is 284 g/mol. The molecule has 22 heavy (non-hydrogen) atoms. The molecule has 0 unspecified atom stereocenters. The smallest absolute Gasteiger partial charge is 0.307 e. The summed E-state index contributed by atoms with van der Waals surface area (Å²) in [6, 6.07) is 0. The molecule has 0 bridgehead atoms. The van der Waals surface area contributed by atoms with Crippen LogP contribution in [0.15, 0.2) is 11.1 Å². The van der Waals surface area contributed by atoms with Gasteiger partial charge in [0, 0.05) is 19.0 Å². The Kier molecular flexibility index (Phi) is 4.88. The average molecular weight is 308 g/mol. The summed E-state index contributed by atoms with van der Waals surface area (Å²) in [6.45, 7) is 4.87. The van der Waals surface area contributed by atoms with Gasteiger partial charge in [-0.1, -0.05) is 11.1 Å². The van der Waals surface area contributed by atoms with Gasteiger partial charge in [-0.25, -0.2) is 0 Å². The summed E-state index contributed by atoms with van der Waals surface area (Å²) in [5.74, 6) is -2.63. The number of likely N-dealkylation sites (tertiary alicyclic amines) is 1. The van der Waals surface area contributed by atoms with E-state index in [2.05, 4.69) is 0 Å². The SMILES string of the molecule is CC1=C(C)C[C@H](C(=O)N2CCC(C(N)=O)CC2)[C@@H](C(=O)O)C1. The number of hydrogen-bond donors (Lipinski definition) is 2. The van der Waals surface area contributed by atoms with E-state index < -0.39 is 17.8 Å². The summed E-state index contributed by atoms with van der Waals surface area (Å²) in [5.41, 5.74) is 7.49. The average Bonchev–Trinajstić information content (AvgIpc) is 2.48. The van der Waals surface area contributed by atoms with Crippen molar-refractivity contribution in [1.29, 1.82) is 0 Å². The molecule has 1 heterocycles. The van der Waals surface area contributed by atoms with Gasteiger partial charge in [-0.15, -0.1) is 0 Å². The number of carboxylic acid groups (broad SMARTS) is 1. The second kappa shape index (κ2) is 6.50. The first-order valence-corrected chi connectivity index (χ1v) is 7.77. The van der Waals surface area contributed by atoms with Crippen molar-refractivity contribution in [2.45, 2.75) is 39.5 Å². The van der Waals surface area contributed by atoms with E-state index >= 15 is 0 Å². The second-order valence-electron chi connectivity index (χ2n) is 6.52. The highest BCUT2D eigenvalue weighted by Gasteiger charge is 2.40. The van der Waals surface area contributed by atoms with Crippen LogP contribution in [0, 0.1) is 17.8 Å². The number of nitrogens with zero attached hydrogens (tertiary/aromatic N) is 1. The zero-order chi connectivity index (χ0) is 16.4. The van der Waals surface area contributed by atoms with Gasteiger partial charge in [0.1, 0.15) is 0 Å². The Bertz CT molecular complexity index is 518. The van der Waals surface area contributed by atoms with Crippen LogP contribution in [0.25, 0.3) is 0 Å². The zero-order valence-corrected chi connectivity index (χ0v) is 13.2. The van der Waals surface area contributed by atoms with Crippen molar-refractivity contribution in [2.24, 2.45) is 23.5 Å². The van der Waals surface area contributed by atoms with Gasteiger partial charge in [-0.2, -0.15) is 0 Å². The highest BCUT2D eigenvalue weighted by atomic mass is 16.4. The van der Waals surface area contributed by atoms with Crippen LogP contribution in [0.4, 0.5) is 0 Å². The Morgan fingerprint density at radius 1 is 1.05 bits per heavy atom. The number of allylic oxidation sites excluding steroid dienone is 2. The first kappa shape index (κ1) is 16.5. The number of aliphatic carboxylic acids is 1. The van der Waals surface area contributed by atoms with Gasteiger partial charge >= 0.3 is 5.97 Å². The highest BCUT2D eigenvalue weighted by Crippen LogP contribution is 2.36. The summed E-state index contributed by atoms with van der Waals surface area (Å²) in [4.78, 5) is 37.1. The summed E-state index contributed by atoms with van der Waals surface area (Å²) >= 11 is 0. The van der Waals surface area contributed by atoms with Gasteiger partial charge < -0.3 is 15.7 Å². The van der Waals surface area contributed by atoms with Gasteiger partial charge in [-0.05, 0) is 39.5 Å². The molecule has 1 aliphatic heterocycles. The molecule has 6 heteroatoms. The van der Waals surface area contributed by atoms with E-state index in [0.717, 1.165) is 11.1 Å². The largest absolute Gasteiger partial charge is 0.481 e. The van der Waals surface area contributed by atoms with Crippen LogP contribution in [-0.2, 0) is 14.4 Å². The zero-order valence-electron chi connectivity index (χ0n) is 13.2. The molecule has 1 fully saturated rings. The van der Waals surface area contributed by atoms with Crippen molar-refractivity contribution in [3.63, 3.8) is 0 Å². The van der Waals surface area contributed by atoms with E-state index in [9.17, 15) is 19.5 Å². The number of piperidine rings is 1. The lowest BCUT2D eigenvalue weighted by atomic mass is 9.75. The van der Waals surface area contributed by atoms with Crippen LogP contribution in [0.3, 0.4) is 0 Å². The third-order valence-corrected chi connectivity index (χ3v) is 5.11. The Labute approximate surface area is 130 Å². The first-order valence-electron chi connectivity index (χ1n) is 7.77.